The summed E-state index contributed by atoms with van der Waals surface area (Å²) < 4.78 is 10.0. The first-order valence-corrected chi connectivity index (χ1v) is 16.7. The molecular formula is C36H50N2O9. The normalized spacial score (nSPS) is 17.5. The minimum absolute atomic E-state index is 0.0158. The Kier molecular flexibility index (Phi) is 16.4. The van der Waals surface area contributed by atoms with Crippen molar-refractivity contribution < 1.29 is 44.0 Å². The highest BCUT2D eigenvalue weighted by atomic mass is 16.5. The summed E-state index contributed by atoms with van der Waals surface area (Å²) in [6.45, 7) is 9.12. The lowest BCUT2D eigenvalue weighted by molar-refractivity contribution is -0.149. The second kappa shape index (κ2) is 20.4. The van der Waals surface area contributed by atoms with Crippen molar-refractivity contribution in [1.82, 2.24) is 9.80 Å². The van der Waals surface area contributed by atoms with Gasteiger partial charge < -0.3 is 34.6 Å². The number of aliphatic carboxylic acids is 1. The number of aldehydes is 2. The molecule has 0 saturated carbocycles. The van der Waals surface area contributed by atoms with Crippen LogP contribution in [-0.4, -0.2) is 109 Å². The Balaban J connectivity index is 0.000000223. The molecule has 47 heavy (non-hydrogen) atoms. The third kappa shape index (κ3) is 12.4. The third-order valence-corrected chi connectivity index (χ3v) is 8.95. The molecule has 0 bridgehead atoms. The van der Waals surface area contributed by atoms with E-state index in [4.69, 9.17) is 14.6 Å². The van der Waals surface area contributed by atoms with Gasteiger partial charge in [-0.15, -0.1) is 0 Å². The predicted molar refractivity (Wildman–Crippen MR) is 177 cm³/mol. The van der Waals surface area contributed by atoms with E-state index in [0.29, 0.717) is 56.0 Å². The largest absolute Gasteiger partial charge is 0.507 e. The number of hydrogen-bond donors (Lipinski definition) is 3. The number of ether oxygens (including phenoxy) is 2. The molecule has 0 spiro atoms. The van der Waals surface area contributed by atoms with Crippen LogP contribution < -0.4 is 0 Å². The van der Waals surface area contributed by atoms with Crippen LogP contribution in [0, 0.1) is 11.8 Å². The van der Waals surface area contributed by atoms with E-state index >= 15 is 0 Å². The molecular weight excluding hydrogens is 604 g/mol. The third-order valence-electron chi connectivity index (χ3n) is 8.95. The molecule has 3 heterocycles. The summed E-state index contributed by atoms with van der Waals surface area (Å²) in [6.07, 6.45) is 8.33. The topological polar surface area (TPSA) is 154 Å². The van der Waals surface area contributed by atoms with Crippen molar-refractivity contribution in [3.63, 3.8) is 0 Å². The van der Waals surface area contributed by atoms with Crippen LogP contribution in [0.4, 0.5) is 0 Å². The van der Waals surface area contributed by atoms with Gasteiger partial charge in [0.05, 0.1) is 29.6 Å². The maximum atomic E-state index is 11.7. The van der Waals surface area contributed by atoms with Gasteiger partial charge in [0.25, 0.3) is 0 Å². The monoisotopic (exact) mass is 654 g/mol. The molecule has 3 aliphatic rings. The van der Waals surface area contributed by atoms with Crippen molar-refractivity contribution >= 4 is 24.5 Å². The van der Waals surface area contributed by atoms with Gasteiger partial charge in [-0.2, -0.15) is 0 Å². The SMILES string of the molecule is C1CCOC1.CCOC(=O)C1CCN(CCc2cccc(O)c2C=O)CC1.O=Cc1c(O)cccc1CCN1CCC(C(=O)O)CC1. The van der Waals surface area contributed by atoms with Crippen LogP contribution in [0.2, 0.25) is 0 Å². The molecule has 0 amide bonds. The van der Waals surface area contributed by atoms with E-state index < -0.39 is 5.97 Å². The zero-order chi connectivity index (χ0) is 34.0. The van der Waals surface area contributed by atoms with Crippen molar-refractivity contribution in [2.75, 3.05) is 59.1 Å². The van der Waals surface area contributed by atoms with Crippen molar-refractivity contribution in [1.29, 1.82) is 0 Å². The molecule has 2 aromatic carbocycles. The Morgan fingerprint density at radius 3 is 1.60 bits per heavy atom. The standard InChI is InChI=1S/C17H23NO4.C15H19NO4.C4H8O/c1-2-22-17(21)14-7-10-18(11-8-14)9-6-13-4-3-5-16(20)15(13)12-19;17-10-13-11(2-1-3-14(13)18)4-7-16-8-5-12(6-9-16)15(19)20;1-2-4-5-3-1/h3-5,12,14,20H,2,6-11H2,1H3;1-3,10,12,18H,4-9H2,(H,19,20);1-4H2. The number of carboxylic acid groups (broad SMARTS) is 1. The Morgan fingerprint density at radius 1 is 0.787 bits per heavy atom. The molecule has 0 aliphatic carbocycles. The van der Waals surface area contributed by atoms with Gasteiger partial charge in [-0.1, -0.05) is 24.3 Å². The van der Waals surface area contributed by atoms with Crippen molar-refractivity contribution in [2.24, 2.45) is 11.8 Å². The first-order valence-electron chi connectivity index (χ1n) is 16.7. The first kappa shape index (κ1) is 37.7. The van der Waals surface area contributed by atoms with Gasteiger partial charge >= 0.3 is 11.9 Å². The van der Waals surface area contributed by atoms with Crippen molar-refractivity contribution in [3.8, 4) is 11.5 Å². The van der Waals surface area contributed by atoms with Crippen LogP contribution >= 0.6 is 0 Å². The zero-order valence-corrected chi connectivity index (χ0v) is 27.5. The number of nitrogens with zero attached hydrogens (tertiary/aromatic N) is 2. The quantitative estimate of drug-likeness (QED) is 0.234. The van der Waals surface area contributed by atoms with Crippen LogP contribution in [0.5, 0.6) is 11.5 Å². The smallest absolute Gasteiger partial charge is 0.309 e. The molecule has 3 N–H and O–H groups in total. The average molecular weight is 655 g/mol. The highest BCUT2D eigenvalue weighted by Gasteiger charge is 2.26. The van der Waals surface area contributed by atoms with Crippen molar-refractivity contribution in [2.45, 2.75) is 58.3 Å². The summed E-state index contributed by atoms with van der Waals surface area (Å²) in [5.41, 5.74) is 2.43. The molecule has 0 unspecified atom stereocenters. The number of esters is 1. The van der Waals surface area contributed by atoms with Gasteiger partial charge in [0.1, 0.15) is 11.5 Å². The lowest BCUT2D eigenvalue weighted by atomic mass is 9.96. The van der Waals surface area contributed by atoms with E-state index in [1.54, 1.807) is 12.1 Å². The maximum absolute atomic E-state index is 11.7. The molecule has 2 aromatic rings. The highest BCUT2D eigenvalue weighted by molar-refractivity contribution is 5.82. The fourth-order valence-corrected chi connectivity index (χ4v) is 6.03. The van der Waals surface area contributed by atoms with E-state index in [2.05, 4.69) is 9.80 Å². The van der Waals surface area contributed by atoms with Crippen LogP contribution in [0.25, 0.3) is 0 Å². The summed E-state index contributed by atoms with van der Waals surface area (Å²) in [5.74, 6) is -0.949. The molecule has 258 valence electrons. The number of carboxylic acids is 1. The van der Waals surface area contributed by atoms with Gasteiger partial charge in [0, 0.05) is 26.3 Å². The van der Waals surface area contributed by atoms with Crippen LogP contribution in [0.15, 0.2) is 36.4 Å². The lowest BCUT2D eigenvalue weighted by Gasteiger charge is -2.30. The summed E-state index contributed by atoms with van der Waals surface area (Å²) in [6, 6.07) is 10.2. The van der Waals surface area contributed by atoms with Gasteiger partial charge in [-0.3, -0.25) is 19.2 Å². The molecule has 0 atom stereocenters. The number of carbonyl (C=O) groups is 4. The minimum atomic E-state index is -0.708. The maximum Gasteiger partial charge on any atom is 0.309 e. The number of carbonyl (C=O) groups excluding carboxylic acids is 3. The number of aromatic hydroxyl groups is 2. The van der Waals surface area contributed by atoms with E-state index in [0.717, 1.165) is 76.5 Å². The Labute approximate surface area is 277 Å². The summed E-state index contributed by atoms with van der Waals surface area (Å²) in [7, 11) is 0. The van der Waals surface area contributed by atoms with Crippen molar-refractivity contribution in [3.05, 3.63) is 58.7 Å². The lowest BCUT2D eigenvalue weighted by Crippen LogP contribution is -2.38. The van der Waals surface area contributed by atoms with Gasteiger partial charge in [0.2, 0.25) is 0 Å². The number of hydrogen-bond acceptors (Lipinski definition) is 10. The predicted octanol–water partition coefficient (Wildman–Crippen LogP) is 4.36. The molecule has 3 aliphatic heterocycles. The Hall–Kier alpha value is -3.80. The zero-order valence-electron chi connectivity index (χ0n) is 27.5. The Morgan fingerprint density at radius 2 is 1.23 bits per heavy atom. The number of piperidine rings is 2. The summed E-state index contributed by atoms with van der Waals surface area (Å²) in [4.78, 5) is 49.1. The molecule has 5 rings (SSSR count). The fourth-order valence-electron chi connectivity index (χ4n) is 6.03. The average Bonchev–Trinajstić information content (AvgIpc) is 3.68. The summed E-state index contributed by atoms with van der Waals surface area (Å²) in [5, 5.41) is 28.2. The van der Waals surface area contributed by atoms with E-state index in [1.807, 2.05) is 19.1 Å². The minimum Gasteiger partial charge on any atom is -0.507 e. The highest BCUT2D eigenvalue weighted by Crippen LogP contribution is 2.23. The first-order chi connectivity index (χ1) is 22.8. The molecule has 11 heteroatoms. The number of phenols is 2. The second-order valence-electron chi connectivity index (χ2n) is 12.1. The molecule has 0 radical (unpaired) electrons. The molecule has 3 fully saturated rings. The fraction of sp³-hybridized carbons (Fsp3) is 0.556. The molecule has 11 nitrogen and oxygen atoms in total. The van der Waals surface area contributed by atoms with Crippen LogP contribution in [0.3, 0.4) is 0 Å². The number of phenolic OH excluding ortho intramolecular Hbond substituents is 2. The number of rotatable bonds is 11. The second-order valence-corrected chi connectivity index (χ2v) is 12.1. The molecule has 0 aromatic heterocycles. The van der Waals surface area contributed by atoms with Gasteiger partial charge in [0.15, 0.2) is 12.6 Å². The van der Waals surface area contributed by atoms with E-state index in [9.17, 15) is 29.4 Å². The van der Waals surface area contributed by atoms with Gasteiger partial charge in [-0.05, 0) is 108 Å². The van der Waals surface area contributed by atoms with E-state index in [-0.39, 0.29) is 29.3 Å². The summed E-state index contributed by atoms with van der Waals surface area (Å²) >= 11 is 0. The van der Waals surface area contributed by atoms with Gasteiger partial charge in [-0.25, -0.2) is 0 Å². The van der Waals surface area contributed by atoms with Crippen LogP contribution in [0.1, 0.15) is 77.3 Å². The molecule has 3 saturated heterocycles. The number of likely N-dealkylation sites (tertiary alicyclic amines) is 2. The van der Waals surface area contributed by atoms with Crippen LogP contribution in [-0.2, 0) is 31.9 Å². The Bertz CT molecular complexity index is 1270. The van der Waals surface area contributed by atoms with E-state index in [1.165, 1.54) is 25.0 Å². The number of benzene rings is 2.